The van der Waals surface area contributed by atoms with Crippen LogP contribution in [0.2, 0.25) is 0 Å². The number of aliphatic hydroxyl groups is 1. The summed E-state index contributed by atoms with van der Waals surface area (Å²) in [5.41, 5.74) is 4.41. The fourth-order valence-electron chi connectivity index (χ4n) is 1.08. The molecule has 1 aromatic carbocycles. The SMILES string of the molecule is Cc1cccc(S(=O)(=O)C(O)CN)c1. The Morgan fingerprint density at radius 1 is 1.50 bits per heavy atom. The zero-order chi connectivity index (χ0) is 10.8. The summed E-state index contributed by atoms with van der Waals surface area (Å²) >= 11 is 0. The van der Waals surface area contributed by atoms with Crippen molar-refractivity contribution in [2.45, 2.75) is 17.3 Å². The van der Waals surface area contributed by atoms with Crippen molar-refractivity contribution < 1.29 is 13.5 Å². The van der Waals surface area contributed by atoms with Crippen LogP contribution >= 0.6 is 0 Å². The first-order chi connectivity index (χ1) is 6.48. The first-order valence-corrected chi connectivity index (χ1v) is 5.72. The summed E-state index contributed by atoms with van der Waals surface area (Å²) in [6, 6.07) is 6.37. The second-order valence-electron chi connectivity index (χ2n) is 3.05. The molecule has 1 rings (SSSR count). The second kappa shape index (κ2) is 4.08. The molecule has 5 heteroatoms. The van der Waals surface area contributed by atoms with Crippen LogP contribution in [-0.4, -0.2) is 25.5 Å². The van der Waals surface area contributed by atoms with E-state index in [1.54, 1.807) is 19.1 Å². The van der Waals surface area contributed by atoms with Gasteiger partial charge in [-0.25, -0.2) is 8.42 Å². The van der Waals surface area contributed by atoms with Gasteiger partial charge in [0.25, 0.3) is 0 Å². The van der Waals surface area contributed by atoms with Crippen LogP contribution < -0.4 is 5.73 Å². The van der Waals surface area contributed by atoms with Crippen molar-refractivity contribution >= 4 is 9.84 Å². The van der Waals surface area contributed by atoms with E-state index < -0.39 is 15.3 Å². The van der Waals surface area contributed by atoms with Crippen molar-refractivity contribution in [2.75, 3.05) is 6.54 Å². The van der Waals surface area contributed by atoms with Crippen molar-refractivity contribution in [1.29, 1.82) is 0 Å². The lowest BCUT2D eigenvalue weighted by Crippen LogP contribution is -2.29. The molecule has 14 heavy (non-hydrogen) atoms. The third kappa shape index (κ3) is 2.12. The molecule has 78 valence electrons. The van der Waals surface area contributed by atoms with Gasteiger partial charge in [-0.2, -0.15) is 0 Å². The van der Waals surface area contributed by atoms with Gasteiger partial charge in [0, 0.05) is 6.54 Å². The maximum Gasteiger partial charge on any atom is 0.206 e. The van der Waals surface area contributed by atoms with E-state index in [2.05, 4.69) is 0 Å². The minimum Gasteiger partial charge on any atom is -0.376 e. The molecule has 0 aliphatic heterocycles. The van der Waals surface area contributed by atoms with Crippen LogP contribution in [0.15, 0.2) is 29.2 Å². The number of hydrogen-bond acceptors (Lipinski definition) is 4. The van der Waals surface area contributed by atoms with Crippen LogP contribution in [0.3, 0.4) is 0 Å². The van der Waals surface area contributed by atoms with Crippen molar-refractivity contribution in [3.8, 4) is 0 Å². The lowest BCUT2D eigenvalue weighted by atomic mass is 10.2. The topological polar surface area (TPSA) is 80.4 Å². The molecule has 0 heterocycles. The normalized spacial score (nSPS) is 13.9. The highest BCUT2D eigenvalue weighted by Crippen LogP contribution is 2.15. The Balaban J connectivity index is 3.17. The minimum atomic E-state index is -3.68. The summed E-state index contributed by atoms with van der Waals surface area (Å²) < 4.78 is 23.2. The molecular formula is C9H13NO3S. The molecular weight excluding hydrogens is 202 g/mol. The summed E-state index contributed by atoms with van der Waals surface area (Å²) in [6.07, 6.45) is 0. The largest absolute Gasteiger partial charge is 0.376 e. The van der Waals surface area contributed by atoms with Crippen LogP contribution in [0.4, 0.5) is 0 Å². The molecule has 0 aliphatic rings. The Kier molecular flexibility index (Phi) is 3.25. The number of aliphatic hydroxyl groups excluding tert-OH is 1. The molecule has 1 atom stereocenters. The van der Waals surface area contributed by atoms with Gasteiger partial charge in [-0.05, 0) is 24.6 Å². The first kappa shape index (κ1) is 11.2. The molecule has 0 saturated carbocycles. The predicted octanol–water partition coefficient (Wildman–Crippen LogP) is 0.0458. The first-order valence-electron chi connectivity index (χ1n) is 4.17. The summed E-state index contributed by atoms with van der Waals surface area (Å²) in [4.78, 5) is 0.107. The summed E-state index contributed by atoms with van der Waals surface area (Å²) in [7, 11) is -3.68. The van der Waals surface area contributed by atoms with Crippen LogP contribution in [-0.2, 0) is 9.84 Å². The summed E-state index contributed by atoms with van der Waals surface area (Å²) in [5, 5.41) is 9.22. The molecule has 0 fully saturated rings. The minimum absolute atomic E-state index is 0.107. The molecule has 0 amide bonds. The van der Waals surface area contributed by atoms with Gasteiger partial charge < -0.3 is 10.8 Å². The molecule has 1 aromatic rings. The quantitative estimate of drug-likeness (QED) is 0.746. The van der Waals surface area contributed by atoms with Gasteiger partial charge in [-0.15, -0.1) is 0 Å². The van der Waals surface area contributed by atoms with E-state index in [9.17, 15) is 13.5 Å². The number of hydrogen-bond donors (Lipinski definition) is 2. The Bertz CT molecular complexity index is 414. The van der Waals surface area contributed by atoms with Gasteiger partial charge in [-0.3, -0.25) is 0 Å². The molecule has 4 nitrogen and oxygen atoms in total. The third-order valence-corrected chi connectivity index (χ3v) is 3.70. The third-order valence-electron chi connectivity index (χ3n) is 1.88. The molecule has 3 N–H and O–H groups in total. The molecule has 0 aromatic heterocycles. The standard InChI is InChI=1S/C9H13NO3S/c1-7-3-2-4-8(5-7)14(12,13)9(11)6-10/h2-5,9,11H,6,10H2,1H3. The lowest BCUT2D eigenvalue weighted by Gasteiger charge is -2.09. The van der Waals surface area contributed by atoms with Gasteiger partial charge in [0.1, 0.15) is 0 Å². The average molecular weight is 215 g/mol. The molecule has 0 bridgehead atoms. The van der Waals surface area contributed by atoms with Crippen molar-refractivity contribution in [2.24, 2.45) is 5.73 Å². The fourth-order valence-corrected chi connectivity index (χ4v) is 2.26. The number of rotatable bonds is 3. The second-order valence-corrected chi connectivity index (χ2v) is 5.16. The highest BCUT2D eigenvalue weighted by molar-refractivity contribution is 7.91. The van der Waals surface area contributed by atoms with Gasteiger partial charge in [-0.1, -0.05) is 12.1 Å². The van der Waals surface area contributed by atoms with E-state index in [4.69, 9.17) is 5.73 Å². The van der Waals surface area contributed by atoms with E-state index >= 15 is 0 Å². The number of aryl methyl sites for hydroxylation is 1. The monoisotopic (exact) mass is 215 g/mol. The van der Waals surface area contributed by atoms with Crippen LogP contribution in [0.1, 0.15) is 5.56 Å². The predicted molar refractivity (Wildman–Crippen MR) is 53.4 cm³/mol. The van der Waals surface area contributed by atoms with Crippen molar-refractivity contribution in [3.05, 3.63) is 29.8 Å². The fraction of sp³-hybridized carbons (Fsp3) is 0.333. The van der Waals surface area contributed by atoms with Crippen LogP contribution in [0, 0.1) is 6.92 Å². The van der Waals surface area contributed by atoms with Gasteiger partial charge in [0.15, 0.2) is 5.44 Å². The molecule has 0 aliphatic carbocycles. The van der Waals surface area contributed by atoms with Gasteiger partial charge in [0.2, 0.25) is 9.84 Å². The lowest BCUT2D eigenvalue weighted by molar-refractivity contribution is 0.256. The summed E-state index contributed by atoms with van der Waals surface area (Å²) in [5.74, 6) is 0. The number of sulfone groups is 1. The van der Waals surface area contributed by atoms with E-state index in [1.807, 2.05) is 0 Å². The van der Waals surface area contributed by atoms with Crippen molar-refractivity contribution in [1.82, 2.24) is 0 Å². The maximum atomic E-state index is 11.6. The summed E-state index contributed by atoms with van der Waals surface area (Å²) in [6.45, 7) is 1.49. The Labute approximate surface area is 83.3 Å². The molecule has 0 spiro atoms. The average Bonchev–Trinajstić information content (AvgIpc) is 2.16. The van der Waals surface area contributed by atoms with E-state index in [-0.39, 0.29) is 11.4 Å². The Morgan fingerprint density at radius 3 is 2.64 bits per heavy atom. The molecule has 0 saturated heterocycles. The van der Waals surface area contributed by atoms with E-state index in [0.29, 0.717) is 0 Å². The maximum absolute atomic E-state index is 11.6. The zero-order valence-electron chi connectivity index (χ0n) is 7.84. The van der Waals surface area contributed by atoms with Crippen LogP contribution in [0.25, 0.3) is 0 Å². The number of nitrogens with two attached hydrogens (primary N) is 1. The zero-order valence-corrected chi connectivity index (χ0v) is 8.66. The highest BCUT2D eigenvalue weighted by atomic mass is 32.2. The van der Waals surface area contributed by atoms with Crippen LogP contribution in [0.5, 0.6) is 0 Å². The molecule has 0 radical (unpaired) electrons. The Hall–Kier alpha value is -0.910. The number of benzene rings is 1. The van der Waals surface area contributed by atoms with E-state index in [0.717, 1.165) is 5.56 Å². The highest BCUT2D eigenvalue weighted by Gasteiger charge is 2.23. The smallest absolute Gasteiger partial charge is 0.206 e. The Morgan fingerprint density at radius 2 is 2.14 bits per heavy atom. The molecule has 1 unspecified atom stereocenters. The van der Waals surface area contributed by atoms with E-state index in [1.165, 1.54) is 12.1 Å². The van der Waals surface area contributed by atoms with Gasteiger partial charge in [0.05, 0.1) is 4.90 Å². The van der Waals surface area contributed by atoms with Crippen molar-refractivity contribution in [3.63, 3.8) is 0 Å². The van der Waals surface area contributed by atoms with Gasteiger partial charge >= 0.3 is 0 Å².